The van der Waals surface area contributed by atoms with Crippen LogP contribution in [0.4, 0.5) is 0 Å². The van der Waals surface area contributed by atoms with Gasteiger partial charge in [-0.05, 0) is 69.2 Å². The van der Waals surface area contributed by atoms with Crippen molar-refractivity contribution in [2.75, 3.05) is 6.61 Å². The zero-order valence-electron chi connectivity index (χ0n) is 20.6. The summed E-state index contributed by atoms with van der Waals surface area (Å²) in [7, 11) is -0.0894. The molecule has 35 heavy (non-hydrogen) atoms. The normalized spacial score (nSPS) is 11.7. The van der Waals surface area contributed by atoms with Gasteiger partial charge in [0.25, 0.3) is 0 Å². The third-order valence-corrected chi connectivity index (χ3v) is 8.30. The first-order valence-electron chi connectivity index (χ1n) is 11.4. The highest BCUT2D eigenvalue weighted by molar-refractivity contribution is 9.10. The van der Waals surface area contributed by atoms with Gasteiger partial charge in [-0.25, -0.2) is 4.79 Å². The molecule has 0 aliphatic carbocycles. The third kappa shape index (κ3) is 5.96. The van der Waals surface area contributed by atoms with Gasteiger partial charge >= 0.3 is 5.97 Å². The Morgan fingerprint density at radius 1 is 0.971 bits per heavy atom. The Bertz CT molecular complexity index is 1450. The van der Waals surface area contributed by atoms with Crippen LogP contribution < -0.4 is 4.74 Å². The van der Waals surface area contributed by atoms with Crippen LogP contribution in [0.25, 0.3) is 15.0 Å². The molecule has 0 saturated carbocycles. The van der Waals surface area contributed by atoms with Crippen molar-refractivity contribution in [3.63, 3.8) is 0 Å². The average Bonchev–Trinajstić information content (AvgIpc) is 3.12. The van der Waals surface area contributed by atoms with Gasteiger partial charge in [-0.1, -0.05) is 46.0 Å². The van der Waals surface area contributed by atoms with E-state index in [9.17, 15) is 4.79 Å². The molecule has 3 aromatic carbocycles. The predicted octanol–water partition coefficient (Wildman–Crippen LogP) is 8.02. The van der Waals surface area contributed by atoms with Gasteiger partial charge in [0, 0.05) is 51.0 Å². The van der Waals surface area contributed by atoms with Gasteiger partial charge in [0.05, 0.1) is 0 Å². The first-order chi connectivity index (χ1) is 16.6. The molecule has 0 N–H and O–H groups in total. The molecule has 0 radical (unpaired) electrons. The van der Waals surface area contributed by atoms with Crippen molar-refractivity contribution in [2.45, 2.75) is 40.2 Å². The number of thiophene rings is 1. The van der Waals surface area contributed by atoms with Gasteiger partial charge in [0.1, 0.15) is 5.75 Å². The summed E-state index contributed by atoms with van der Waals surface area (Å²) < 4.78 is 13.8. The van der Waals surface area contributed by atoms with Crippen molar-refractivity contribution < 1.29 is 14.3 Å². The first kappa shape index (κ1) is 25.0. The van der Waals surface area contributed by atoms with E-state index in [1.165, 1.54) is 19.9 Å². The molecule has 0 aliphatic heterocycles. The highest BCUT2D eigenvalue weighted by Crippen LogP contribution is 2.45. The Kier molecular flexibility index (Phi) is 7.35. The summed E-state index contributed by atoms with van der Waals surface area (Å²) in [6, 6.07) is 22.8. The molecule has 0 saturated heterocycles. The minimum Gasteiger partial charge on any atom is -0.481 e. The summed E-state index contributed by atoms with van der Waals surface area (Å²) in [5.74, 6) is 6.37. The summed E-state index contributed by atoms with van der Waals surface area (Å²) in [5, 5.41) is 1.29. The number of halogens is 1. The molecule has 178 valence electrons. The number of hydrogen-bond acceptors (Lipinski definition) is 3. The van der Waals surface area contributed by atoms with Gasteiger partial charge in [0.15, 0.2) is 26.7 Å². The highest BCUT2D eigenvalue weighted by Gasteiger charge is 2.24. The van der Waals surface area contributed by atoms with Crippen LogP contribution in [0.2, 0.25) is 0 Å². The number of benzene rings is 3. The fourth-order valence-electron chi connectivity index (χ4n) is 4.07. The van der Waals surface area contributed by atoms with Crippen molar-refractivity contribution in [2.24, 2.45) is 0 Å². The van der Waals surface area contributed by atoms with Crippen LogP contribution in [-0.4, -0.2) is 18.2 Å². The van der Waals surface area contributed by atoms with Gasteiger partial charge in [-0.15, -0.1) is 0 Å². The Morgan fingerprint density at radius 3 is 2.40 bits per heavy atom. The number of carbonyl (C=O) groups excluding carboxylic acids is 1. The summed E-state index contributed by atoms with van der Waals surface area (Å²) >= 11 is 3.44. The van der Waals surface area contributed by atoms with E-state index in [-0.39, 0.29) is 17.1 Å². The van der Waals surface area contributed by atoms with Gasteiger partial charge in [0.2, 0.25) is 0 Å². The second-order valence-corrected chi connectivity index (χ2v) is 12.1. The topological polar surface area (TPSA) is 35.5 Å². The van der Waals surface area contributed by atoms with Crippen LogP contribution in [-0.2, 0) is 9.53 Å². The molecule has 0 fully saturated rings. The van der Waals surface area contributed by atoms with Gasteiger partial charge < -0.3 is 9.47 Å². The molecular formula is C30H28BrO3S+. The number of hydrogen-bond donors (Lipinski definition) is 0. The van der Waals surface area contributed by atoms with Crippen molar-refractivity contribution >= 4 is 42.5 Å². The van der Waals surface area contributed by atoms with Crippen LogP contribution in [0, 0.1) is 32.6 Å². The van der Waals surface area contributed by atoms with Crippen LogP contribution in [0.15, 0.2) is 71.2 Å². The van der Waals surface area contributed by atoms with E-state index in [0.717, 1.165) is 26.9 Å². The summed E-state index contributed by atoms with van der Waals surface area (Å²) in [5.41, 5.74) is 1.93. The monoisotopic (exact) mass is 547 g/mol. The van der Waals surface area contributed by atoms with E-state index >= 15 is 0 Å². The van der Waals surface area contributed by atoms with E-state index in [2.05, 4.69) is 77.2 Å². The third-order valence-electron chi connectivity index (χ3n) is 5.53. The van der Waals surface area contributed by atoms with Crippen LogP contribution in [0.3, 0.4) is 0 Å². The fourth-order valence-corrected chi connectivity index (χ4v) is 6.85. The van der Waals surface area contributed by atoms with Crippen LogP contribution in [0.1, 0.15) is 35.4 Å². The lowest BCUT2D eigenvalue weighted by Crippen LogP contribution is -2.29. The number of rotatable bonds is 5. The predicted molar refractivity (Wildman–Crippen MR) is 149 cm³/mol. The van der Waals surface area contributed by atoms with E-state index < -0.39 is 11.6 Å². The smallest absolute Gasteiger partial charge is 0.345 e. The molecule has 1 aromatic heterocycles. The van der Waals surface area contributed by atoms with Crippen LogP contribution >= 0.6 is 26.4 Å². The second kappa shape index (κ2) is 10.3. The van der Waals surface area contributed by atoms with E-state index in [4.69, 9.17) is 9.47 Å². The lowest BCUT2D eigenvalue weighted by Gasteiger charge is -2.19. The Labute approximate surface area is 218 Å². The second-order valence-electron chi connectivity index (χ2n) is 9.02. The molecule has 1 atom stereocenters. The van der Waals surface area contributed by atoms with Crippen molar-refractivity contribution in [3.05, 3.63) is 92.8 Å². The van der Waals surface area contributed by atoms with Crippen LogP contribution in [0.5, 0.6) is 5.75 Å². The molecule has 4 rings (SSSR count). The quantitative estimate of drug-likeness (QED) is 0.144. The van der Waals surface area contributed by atoms with Crippen molar-refractivity contribution in [1.82, 2.24) is 0 Å². The molecule has 4 aromatic rings. The maximum atomic E-state index is 12.5. The molecular weight excluding hydrogens is 520 g/mol. The number of fused-ring (bicyclic) bond motifs is 1. The van der Waals surface area contributed by atoms with E-state index in [1.54, 1.807) is 13.8 Å². The lowest BCUT2D eigenvalue weighted by atomic mass is 10.1. The highest BCUT2D eigenvalue weighted by atomic mass is 79.9. The van der Waals surface area contributed by atoms with E-state index in [0.29, 0.717) is 0 Å². The molecule has 0 amide bonds. The Hall–Kier alpha value is -3.07. The summed E-state index contributed by atoms with van der Waals surface area (Å²) in [6.07, 6.45) is 0. The average molecular weight is 549 g/mol. The molecule has 3 nitrogen and oxygen atoms in total. The molecule has 1 heterocycles. The summed E-state index contributed by atoms with van der Waals surface area (Å²) in [4.78, 5) is 15.2. The van der Waals surface area contributed by atoms with Crippen molar-refractivity contribution in [3.8, 4) is 22.5 Å². The minimum absolute atomic E-state index is 0.0894. The van der Waals surface area contributed by atoms with Crippen molar-refractivity contribution in [1.29, 1.82) is 0 Å². The number of esters is 1. The molecule has 5 heteroatoms. The largest absolute Gasteiger partial charge is 0.481 e. The van der Waals surface area contributed by atoms with E-state index in [1.807, 2.05) is 38.1 Å². The maximum absolute atomic E-state index is 12.5. The van der Waals surface area contributed by atoms with Gasteiger partial charge in [-0.2, -0.15) is 0 Å². The Balaban J connectivity index is 1.46. The molecule has 0 spiro atoms. The Morgan fingerprint density at radius 2 is 1.69 bits per heavy atom. The number of ether oxygens (including phenoxy) is 2. The number of aryl methyl sites for hydroxylation is 3. The fraction of sp³-hybridized carbons (Fsp3) is 0.233. The molecule has 0 bridgehead atoms. The zero-order chi connectivity index (χ0) is 25.2. The maximum Gasteiger partial charge on any atom is 0.345 e. The summed E-state index contributed by atoms with van der Waals surface area (Å²) in [6.45, 7) is 9.62. The molecule has 1 unspecified atom stereocenters. The minimum atomic E-state index is -0.933. The first-order valence-corrected chi connectivity index (χ1v) is 13.4. The zero-order valence-corrected chi connectivity index (χ0v) is 23.0. The molecule has 0 aliphatic rings. The standard InChI is InChI=1S/C30H28BrO3S/c1-20-15-26(35-22(3)17-24-10-6-7-12-27(24)35)16-21(2)29(20)33-19-28(32)34-30(4,5)14-13-23-9-8-11-25(31)18-23/h6-12,15-18H,19H2,1-5H3/q+1. The number of carbonyl (C=O) groups is 1. The lowest BCUT2D eigenvalue weighted by molar-refractivity contribution is -0.154. The van der Waals surface area contributed by atoms with Gasteiger partial charge in [-0.3, -0.25) is 0 Å². The SMILES string of the molecule is Cc1cc(-[s+]2c(C)cc3ccccc32)cc(C)c1OCC(=O)OC(C)(C)C#Cc1cccc(Br)c1.